The molecule has 0 aromatic carbocycles. The van der Waals surface area contributed by atoms with Crippen LogP contribution in [-0.2, 0) is 0 Å². The van der Waals surface area contributed by atoms with Crippen molar-refractivity contribution in [2.45, 2.75) is 39.2 Å². The molecule has 0 aliphatic rings. The largest absolute Gasteiger partial charge is 0.326 e. The van der Waals surface area contributed by atoms with Crippen molar-refractivity contribution < 1.29 is 0 Å². The molecule has 0 aliphatic heterocycles. The Balaban J connectivity index is 2.41. The summed E-state index contributed by atoms with van der Waals surface area (Å²) in [5.41, 5.74) is -0.163. The molecule has 6 heteroatoms. The number of fused-ring (bicyclic) bond motifs is 1. The molecule has 0 aliphatic carbocycles. The summed E-state index contributed by atoms with van der Waals surface area (Å²) in [6, 6.07) is 0.227. The monoisotopic (exact) mass is 236 g/mol. The number of nitrogens with zero attached hydrogens (tertiary/aromatic N) is 2. The summed E-state index contributed by atoms with van der Waals surface area (Å²) in [6.45, 7) is 4.18. The van der Waals surface area contributed by atoms with Gasteiger partial charge in [0, 0.05) is 12.2 Å². The third-order valence-corrected chi connectivity index (χ3v) is 2.85. The van der Waals surface area contributed by atoms with Crippen LogP contribution in [0.3, 0.4) is 0 Å². The maximum atomic E-state index is 11.5. The van der Waals surface area contributed by atoms with Crippen molar-refractivity contribution in [3.05, 3.63) is 27.0 Å². The van der Waals surface area contributed by atoms with Crippen molar-refractivity contribution in [1.29, 1.82) is 0 Å². The van der Waals surface area contributed by atoms with E-state index in [-0.39, 0.29) is 11.6 Å². The Hall–Kier alpha value is -1.85. The highest BCUT2D eigenvalue weighted by Crippen LogP contribution is 2.15. The van der Waals surface area contributed by atoms with Crippen LogP contribution in [0.5, 0.6) is 0 Å². The molecule has 0 bridgehead atoms. The summed E-state index contributed by atoms with van der Waals surface area (Å²) in [4.78, 5) is 27.3. The summed E-state index contributed by atoms with van der Waals surface area (Å²) in [7, 11) is 0. The summed E-state index contributed by atoms with van der Waals surface area (Å²) >= 11 is 0. The second kappa shape index (κ2) is 4.57. The number of hydrogen-bond acceptors (Lipinski definition) is 3. The van der Waals surface area contributed by atoms with E-state index in [9.17, 15) is 9.59 Å². The quantitative estimate of drug-likeness (QED) is 0.835. The Kier molecular flexibility index (Phi) is 3.12. The zero-order valence-corrected chi connectivity index (χ0v) is 9.99. The number of hydrogen-bond donors (Lipinski definition) is 2. The van der Waals surface area contributed by atoms with Gasteiger partial charge in [-0.25, -0.2) is 4.79 Å². The maximum Gasteiger partial charge on any atom is 0.326 e. The molecule has 0 saturated carbocycles. The summed E-state index contributed by atoms with van der Waals surface area (Å²) in [5.74, 6) is 0. The minimum Gasteiger partial charge on any atom is -0.304 e. The van der Waals surface area contributed by atoms with Crippen molar-refractivity contribution in [2.24, 2.45) is 0 Å². The van der Waals surface area contributed by atoms with Crippen molar-refractivity contribution in [3.8, 4) is 0 Å². The van der Waals surface area contributed by atoms with E-state index in [1.165, 1.54) is 0 Å². The highest BCUT2D eigenvalue weighted by molar-refractivity contribution is 5.71. The Bertz CT molecular complexity index is 622. The normalized spacial score (nSPS) is 13.1. The third kappa shape index (κ3) is 2.30. The van der Waals surface area contributed by atoms with Crippen LogP contribution in [0, 0.1) is 0 Å². The van der Waals surface area contributed by atoms with Gasteiger partial charge in [-0.15, -0.1) is 0 Å². The summed E-state index contributed by atoms with van der Waals surface area (Å²) in [6.07, 6.45) is 4.96. The average Bonchev–Trinajstić information content (AvgIpc) is 2.69. The number of rotatable bonds is 4. The molecule has 6 nitrogen and oxygen atoms in total. The van der Waals surface area contributed by atoms with E-state index in [0.717, 1.165) is 19.3 Å². The Morgan fingerprint density at radius 2 is 2.18 bits per heavy atom. The molecule has 0 spiro atoms. The first-order valence-electron chi connectivity index (χ1n) is 5.83. The fraction of sp³-hybridized carbons (Fsp3) is 0.545. The van der Waals surface area contributed by atoms with Gasteiger partial charge in [0.25, 0.3) is 5.56 Å². The van der Waals surface area contributed by atoms with Gasteiger partial charge in [-0.05, 0) is 13.3 Å². The molecule has 17 heavy (non-hydrogen) atoms. The van der Waals surface area contributed by atoms with Crippen LogP contribution in [0.1, 0.15) is 39.2 Å². The smallest absolute Gasteiger partial charge is 0.304 e. The van der Waals surface area contributed by atoms with E-state index in [4.69, 9.17) is 0 Å². The van der Waals surface area contributed by atoms with E-state index < -0.39 is 11.2 Å². The lowest BCUT2D eigenvalue weighted by Crippen LogP contribution is -2.21. The molecule has 0 radical (unpaired) electrons. The molecule has 1 unspecified atom stereocenters. The number of H-pyrrole nitrogens is 2. The molecular weight excluding hydrogens is 220 g/mol. The second-order valence-corrected chi connectivity index (χ2v) is 4.27. The first-order chi connectivity index (χ1) is 8.11. The minimum absolute atomic E-state index is 0.227. The topological polar surface area (TPSA) is 83.5 Å². The molecule has 2 aromatic heterocycles. The van der Waals surface area contributed by atoms with Crippen LogP contribution in [0.4, 0.5) is 0 Å². The molecule has 2 aromatic rings. The number of aromatic nitrogens is 4. The molecule has 92 valence electrons. The fourth-order valence-corrected chi connectivity index (χ4v) is 1.82. The zero-order chi connectivity index (χ0) is 12.4. The van der Waals surface area contributed by atoms with Gasteiger partial charge < -0.3 is 4.98 Å². The standard InChI is InChI=1S/C11H16N4O2/c1-3-4-5-7(2)15-6-8-9(14-15)10(16)13-11(17)12-8/h6-7H,3-5H2,1-2H3,(H2,12,13,16,17). The van der Waals surface area contributed by atoms with Crippen molar-refractivity contribution >= 4 is 11.0 Å². The first-order valence-corrected chi connectivity index (χ1v) is 5.83. The lowest BCUT2D eigenvalue weighted by Gasteiger charge is -2.10. The predicted molar refractivity (Wildman–Crippen MR) is 65.2 cm³/mol. The van der Waals surface area contributed by atoms with Gasteiger partial charge in [0.15, 0.2) is 5.52 Å². The molecule has 1 atom stereocenters. The zero-order valence-electron chi connectivity index (χ0n) is 9.99. The van der Waals surface area contributed by atoms with Gasteiger partial charge in [0.05, 0.1) is 5.52 Å². The molecule has 0 saturated heterocycles. The molecule has 0 fully saturated rings. The lowest BCUT2D eigenvalue weighted by atomic mass is 10.1. The van der Waals surface area contributed by atoms with E-state index >= 15 is 0 Å². The van der Waals surface area contributed by atoms with E-state index in [1.807, 2.05) is 6.92 Å². The van der Waals surface area contributed by atoms with Crippen LogP contribution in [0.25, 0.3) is 11.0 Å². The molecule has 0 amide bonds. The van der Waals surface area contributed by atoms with Gasteiger partial charge in [0.2, 0.25) is 0 Å². The predicted octanol–water partition coefficient (Wildman–Crippen LogP) is 1.16. The fourth-order valence-electron chi connectivity index (χ4n) is 1.82. The van der Waals surface area contributed by atoms with Crippen LogP contribution in [0.15, 0.2) is 15.8 Å². The number of aromatic amines is 2. The Labute approximate surface area is 97.7 Å². The Morgan fingerprint density at radius 3 is 2.88 bits per heavy atom. The van der Waals surface area contributed by atoms with Gasteiger partial charge in [-0.2, -0.15) is 5.10 Å². The molecule has 2 heterocycles. The van der Waals surface area contributed by atoms with Crippen LogP contribution in [0.2, 0.25) is 0 Å². The van der Waals surface area contributed by atoms with Crippen LogP contribution in [-0.4, -0.2) is 19.7 Å². The van der Waals surface area contributed by atoms with E-state index in [2.05, 4.69) is 22.0 Å². The van der Waals surface area contributed by atoms with Crippen molar-refractivity contribution in [3.63, 3.8) is 0 Å². The number of nitrogens with one attached hydrogen (secondary N) is 2. The average molecular weight is 236 g/mol. The summed E-state index contributed by atoms with van der Waals surface area (Å²) in [5, 5.41) is 4.21. The van der Waals surface area contributed by atoms with Crippen molar-refractivity contribution in [1.82, 2.24) is 19.7 Å². The first kappa shape index (κ1) is 11.6. The highest BCUT2D eigenvalue weighted by Gasteiger charge is 2.10. The summed E-state index contributed by atoms with van der Waals surface area (Å²) < 4.78 is 1.74. The lowest BCUT2D eigenvalue weighted by molar-refractivity contribution is 0.447. The van der Waals surface area contributed by atoms with Gasteiger partial charge in [-0.1, -0.05) is 19.8 Å². The van der Waals surface area contributed by atoms with E-state index in [1.54, 1.807) is 10.9 Å². The Morgan fingerprint density at radius 1 is 1.41 bits per heavy atom. The van der Waals surface area contributed by atoms with E-state index in [0.29, 0.717) is 5.52 Å². The van der Waals surface area contributed by atoms with Crippen LogP contribution < -0.4 is 11.2 Å². The molecule has 2 rings (SSSR count). The van der Waals surface area contributed by atoms with Gasteiger partial charge in [-0.3, -0.25) is 14.5 Å². The van der Waals surface area contributed by atoms with Crippen molar-refractivity contribution in [2.75, 3.05) is 0 Å². The second-order valence-electron chi connectivity index (χ2n) is 4.27. The SMILES string of the molecule is CCCCC(C)n1cc2[nH]c(=O)[nH]c(=O)c2n1. The van der Waals surface area contributed by atoms with Gasteiger partial charge in [0.1, 0.15) is 0 Å². The number of unbranched alkanes of at least 4 members (excludes halogenated alkanes) is 1. The van der Waals surface area contributed by atoms with Crippen LogP contribution >= 0.6 is 0 Å². The minimum atomic E-state index is -0.497. The van der Waals surface area contributed by atoms with Gasteiger partial charge >= 0.3 is 5.69 Å². The maximum absolute atomic E-state index is 11.5. The molecular formula is C11H16N4O2. The third-order valence-electron chi connectivity index (χ3n) is 2.85. The molecule has 2 N–H and O–H groups in total. The highest BCUT2D eigenvalue weighted by atomic mass is 16.2.